The molecule has 1 fully saturated rings. The van der Waals surface area contributed by atoms with Crippen LogP contribution in [-0.4, -0.2) is 22.8 Å². The lowest BCUT2D eigenvalue weighted by atomic mass is 10.0. The largest absolute Gasteiger partial charge is 0.397 e. The van der Waals surface area contributed by atoms with Crippen molar-refractivity contribution in [3.8, 4) is 0 Å². The zero-order valence-electron chi connectivity index (χ0n) is 13.4. The van der Waals surface area contributed by atoms with Gasteiger partial charge in [-0.05, 0) is 17.9 Å². The highest BCUT2D eigenvalue weighted by Crippen LogP contribution is 2.35. The van der Waals surface area contributed by atoms with Crippen molar-refractivity contribution in [2.75, 3.05) is 14.2 Å². The summed E-state index contributed by atoms with van der Waals surface area (Å²) in [5.41, 5.74) is 0. The van der Waals surface area contributed by atoms with Gasteiger partial charge in [0.1, 0.15) is 0 Å². The topological polar surface area (TPSA) is 18.5 Å². The third-order valence-electron chi connectivity index (χ3n) is 4.70. The summed E-state index contributed by atoms with van der Waals surface area (Å²) in [6.45, 7) is 4.58. The van der Waals surface area contributed by atoms with E-state index in [-0.39, 0.29) is 0 Å². The first-order chi connectivity index (χ1) is 9.19. The predicted molar refractivity (Wildman–Crippen MR) is 84.1 cm³/mol. The maximum Gasteiger partial charge on any atom is 0.341 e. The minimum Gasteiger partial charge on any atom is -0.397 e. The average Bonchev–Trinajstić information content (AvgIpc) is 2.95. The molecule has 1 unspecified atom stereocenters. The van der Waals surface area contributed by atoms with E-state index < -0.39 is 8.56 Å². The molecule has 0 aromatic rings. The molecule has 0 amide bonds. The Morgan fingerprint density at radius 3 is 2.26 bits per heavy atom. The van der Waals surface area contributed by atoms with Gasteiger partial charge in [-0.3, -0.25) is 0 Å². The number of hydrogen-bond acceptors (Lipinski definition) is 2. The SMILES string of the molecule is CCCCC(CC)C[Si]([CH]C1CCCC1)(OC)OC. The predicted octanol–water partition coefficient (Wildman–Crippen LogP) is 4.87. The van der Waals surface area contributed by atoms with Crippen LogP contribution in [0.3, 0.4) is 0 Å². The van der Waals surface area contributed by atoms with Crippen molar-refractivity contribution in [2.45, 2.75) is 71.3 Å². The Morgan fingerprint density at radius 2 is 1.79 bits per heavy atom. The molecule has 0 N–H and O–H groups in total. The fraction of sp³-hybridized carbons (Fsp3) is 0.938. The molecule has 113 valence electrons. The van der Waals surface area contributed by atoms with E-state index in [0.717, 1.165) is 17.9 Å². The Labute approximate surface area is 121 Å². The van der Waals surface area contributed by atoms with E-state index in [1.54, 1.807) is 0 Å². The summed E-state index contributed by atoms with van der Waals surface area (Å²) in [5, 5.41) is 0. The highest BCUT2D eigenvalue weighted by Gasteiger charge is 2.40. The molecule has 0 heterocycles. The smallest absolute Gasteiger partial charge is 0.341 e. The quantitative estimate of drug-likeness (QED) is 0.533. The Bertz CT molecular complexity index is 223. The highest BCUT2D eigenvalue weighted by atomic mass is 28.4. The third kappa shape index (κ3) is 5.56. The zero-order valence-corrected chi connectivity index (χ0v) is 14.4. The monoisotopic (exact) mass is 285 g/mol. The molecule has 0 bridgehead atoms. The molecule has 1 aliphatic carbocycles. The van der Waals surface area contributed by atoms with E-state index >= 15 is 0 Å². The first-order valence-electron chi connectivity index (χ1n) is 8.16. The summed E-state index contributed by atoms with van der Waals surface area (Å²) in [5.74, 6) is 1.51. The Morgan fingerprint density at radius 1 is 1.16 bits per heavy atom. The van der Waals surface area contributed by atoms with E-state index in [4.69, 9.17) is 8.85 Å². The second-order valence-corrected chi connectivity index (χ2v) is 9.23. The molecular weight excluding hydrogens is 252 g/mol. The minimum absolute atomic E-state index is 0.746. The van der Waals surface area contributed by atoms with Crippen LogP contribution in [0.5, 0.6) is 0 Å². The van der Waals surface area contributed by atoms with Gasteiger partial charge >= 0.3 is 8.56 Å². The van der Waals surface area contributed by atoms with Crippen molar-refractivity contribution in [3.63, 3.8) is 0 Å². The van der Waals surface area contributed by atoms with E-state index in [9.17, 15) is 0 Å². The molecule has 3 heteroatoms. The molecule has 0 aromatic heterocycles. The van der Waals surface area contributed by atoms with Gasteiger partial charge in [-0.2, -0.15) is 0 Å². The van der Waals surface area contributed by atoms with Crippen LogP contribution < -0.4 is 0 Å². The van der Waals surface area contributed by atoms with Gasteiger partial charge in [0.25, 0.3) is 0 Å². The lowest BCUT2D eigenvalue weighted by molar-refractivity contribution is 0.234. The first kappa shape index (κ1) is 17.2. The van der Waals surface area contributed by atoms with Crippen LogP contribution in [0.25, 0.3) is 0 Å². The lowest BCUT2D eigenvalue weighted by Crippen LogP contribution is -2.44. The third-order valence-corrected chi connectivity index (χ3v) is 8.20. The molecule has 0 saturated heterocycles. The molecule has 1 aliphatic rings. The second-order valence-electron chi connectivity index (χ2n) is 6.05. The van der Waals surface area contributed by atoms with E-state index in [2.05, 4.69) is 19.9 Å². The van der Waals surface area contributed by atoms with Gasteiger partial charge in [0.05, 0.1) is 0 Å². The normalized spacial score (nSPS) is 18.9. The minimum atomic E-state index is -2.07. The summed E-state index contributed by atoms with van der Waals surface area (Å²) < 4.78 is 11.8. The molecular formula is C16H33O2Si. The van der Waals surface area contributed by atoms with Crippen LogP contribution >= 0.6 is 0 Å². The van der Waals surface area contributed by atoms with Crippen molar-refractivity contribution in [1.82, 2.24) is 0 Å². The Balaban J connectivity index is 2.56. The van der Waals surface area contributed by atoms with E-state index in [1.807, 2.05) is 14.2 Å². The molecule has 1 atom stereocenters. The van der Waals surface area contributed by atoms with Crippen LogP contribution in [0.15, 0.2) is 0 Å². The van der Waals surface area contributed by atoms with Crippen molar-refractivity contribution < 1.29 is 8.85 Å². The van der Waals surface area contributed by atoms with Gasteiger partial charge in [0.2, 0.25) is 0 Å². The molecule has 2 nitrogen and oxygen atoms in total. The summed E-state index contributed by atoms with van der Waals surface area (Å²) in [6.07, 6.45) is 10.6. The van der Waals surface area contributed by atoms with Gasteiger partial charge in [-0.15, -0.1) is 0 Å². The summed E-state index contributed by atoms with van der Waals surface area (Å²) in [4.78, 5) is 0. The fourth-order valence-corrected chi connectivity index (χ4v) is 6.54. The summed E-state index contributed by atoms with van der Waals surface area (Å²) in [6, 6.07) is 3.64. The van der Waals surface area contributed by atoms with Gasteiger partial charge in [-0.25, -0.2) is 0 Å². The summed E-state index contributed by atoms with van der Waals surface area (Å²) >= 11 is 0. The van der Waals surface area contributed by atoms with Crippen LogP contribution in [-0.2, 0) is 8.85 Å². The maximum absolute atomic E-state index is 5.92. The van der Waals surface area contributed by atoms with Gasteiger partial charge < -0.3 is 8.85 Å². The van der Waals surface area contributed by atoms with E-state index in [0.29, 0.717) is 0 Å². The second kappa shape index (κ2) is 9.14. The standard InChI is InChI=1S/C16H33O2Si/c1-5-7-10-15(6-2)13-19(17-3,18-4)14-16-11-8-9-12-16/h14-16H,5-13H2,1-4H3. The van der Waals surface area contributed by atoms with Crippen LogP contribution in [0.4, 0.5) is 0 Å². The zero-order chi connectivity index (χ0) is 14.1. The molecule has 19 heavy (non-hydrogen) atoms. The van der Waals surface area contributed by atoms with Crippen molar-refractivity contribution in [3.05, 3.63) is 6.04 Å². The number of rotatable bonds is 10. The first-order valence-corrected chi connectivity index (χ1v) is 10.3. The van der Waals surface area contributed by atoms with Gasteiger partial charge in [0.15, 0.2) is 0 Å². The van der Waals surface area contributed by atoms with Gasteiger partial charge in [0, 0.05) is 20.3 Å². The van der Waals surface area contributed by atoms with Crippen LogP contribution in [0.1, 0.15) is 65.2 Å². The lowest BCUT2D eigenvalue weighted by Gasteiger charge is -2.32. The van der Waals surface area contributed by atoms with E-state index in [1.165, 1.54) is 51.4 Å². The maximum atomic E-state index is 5.92. The highest BCUT2D eigenvalue weighted by molar-refractivity contribution is 6.71. The fourth-order valence-electron chi connectivity index (χ4n) is 3.28. The van der Waals surface area contributed by atoms with Crippen molar-refractivity contribution in [2.24, 2.45) is 11.8 Å². The molecule has 0 aliphatic heterocycles. The molecule has 1 rings (SSSR count). The van der Waals surface area contributed by atoms with Crippen molar-refractivity contribution in [1.29, 1.82) is 0 Å². The molecule has 1 saturated carbocycles. The number of unbranched alkanes of at least 4 members (excludes halogenated alkanes) is 1. The van der Waals surface area contributed by atoms with Crippen molar-refractivity contribution >= 4 is 8.56 Å². The molecule has 0 spiro atoms. The summed E-state index contributed by atoms with van der Waals surface area (Å²) in [7, 11) is 1.64. The van der Waals surface area contributed by atoms with Gasteiger partial charge in [-0.1, -0.05) is 65.2 Å². The average molecular weight is 286 g/mol. The molecule has 0 aromatic carbocycles. The Kier molecular flexibility index (Phi) is 8.27. The van der Waals surface area contributed by atoms with Crippen LogP contribution in [0.2, 0.25) is 6.04 Å². The molecule has 1 radical (unpaired) electrons. The number of hydrogen-bond donors (Lipinski definition) is 0. The van der Waals surface area contributed by atoms with Crippen LogP contribution in [0, 0.1) is 17.9 Å². The Hall–Kier alpha value is 0.137.